The van der Waals surface area contributed by atoms with E-state index in [-0.39, 0.29) is 24.4 Å². The van der Waals surface area contributed by atoms with Gasteiger partial charge in [-0.15, -0.1) is 0 Å². The van der Waals surface area contributed by atoms with Gasteiger partial charge < -0.3 is 29.6 Å². The zero-order valence-electron chi connectivity index (χ0n) is 11.3. The number of carbonyl (C=O) groups is 2. The van der Waals surface area contributed by atoms with Crippen LogP contribution in [0.25, 0.3) is 0 Å². The van der Waals surface area contributed by atoms with Crippen LogP contribution < -0.4 is 10.6 Å². The molecule has 2 aliphatic rings. The Hall–Kier alpha value is -1.54. The van der Waals surface area contributed by atoms with Gasteiger partial charge in [-0.1, -0.05) is 0 Å². The molecule has 2 unspecified atom stereocenters. The van der Waals surface area contributed by atoms with Crippen molar-refractivity contribution in [3.8, 4) is 0 Å². The number of cyclic esters (lactones) is 2. The van der Waals surface area contributed by atoms with Crippen LogP contribution in [0.2, 0.25) is 0 Å². The van der Waals surface area contributed by atoms with Gasteiger partial charge in [0, 0.05) is 13.2 Å². The summed E-state index contributed by atoms with van der Waals surface area (Å²) in [6.45, 7) is 3.08. The van der Waals surface area contributed by atoms with Crippen LogP contribution >= 0.6 is 0 Å². The molecule has 2 aliphatic heterocycles. The van der Waals surface area contributed by atoms with Crippen molar-refractivity contribution < 1.29 is 28.5 Å². The summed E-state index contributed by atoms with van der Waals surface area (Å²) in [6, 6.07) is 0. The average molecular weight is 288 g/mol. The Morgan fingerprint density at radius 1 is 0.900 bits per heavy atom. The predicted molar refractivity (Wildman–Crippen MR) is 67.4 cm³/mol. The van der Waals surface area contributed by atoms with Gasteiger partial charge in [-0.2, -0.15) is 0 Å². The molecule has 0 radical (unpaired) electrons. The van der Waals surface area contributed by atoms with Gasteiger partial charge in [0.1, 0.15) is 12.2 Å². The van der Waals surface area contributed by atoms with E-state index in [1.807, 2.05) is 0 Å². The normalized spacial score (nSPS) is 25.0. The molecular weight excluding hydrogens is 268 g/mol. The Morgan fingerprint density at radius 2 is 1.35 bits per heavy atom. The van der Waals surface area contributed by atoms with Crippen LogP contribution in [0.15, 0.2) is 0 Å². The van der Waals surface area contributed by atoms with E-state index in [2.05, 4.69) is 10.6 Å². The Bertz CT molecular complexity index is 306. The third-order valence-corrected chi connectivity index (χ3v) is 2.93. The van der Waals surface area contributed by atoms with Crippen molar-refractivity contribution in [3.05, 3.63) is 0 Å². The predicted octanol–water partition coefficient (Wildman–Crippen LogP) is 0.0166. The summed E-state index contributed by atoms with van der Waals surface area (Å²) in [5.41, 5.74) is 0. The molecule has 2 fully saturated rings. The van der Waals surface area contributed by atoms with Gasteiger partial charge in [0.15, 0.2) is 0 Å². The van der Waals surface area contributed by atoms with E-state index in [9.17, 15) is 9.59 Å². The van der Waals surface area contributed by atoms with Crippen LogP contribution in [0.3, 0.4) is 0 Å². The van der Waals surface area contributed by atoms with Crippen molar-refractivity contribution in [2.24, 2.45) is 0 Å². The first-order chi connectivity index (χ1) is 9.74. The van der Waals surface area contributed by atoms with Crippen molar-refractivity contribution >= 4 is 12.2 Å². The molecular formula is C12H20N2O6. The van der Waals surface area contributed by atoms with Gasteiger partial charge in [-0.25, -0.2) is 9.59 Å². The van der Waals surface area contributed by atoms with E-state index >= 15 is 0 Å². The molecule has 8 heteroatoms. The SMILES string of the molecule is O=C1NCC(COCCCCOCC2CNC(=O)O2)O1. The molecule has 2 heterocycles. The van der Waals surface area contributed by atoms with Gasteiger partial charge in [-0.3, -0.25) is 0 Å². The summed E-state index contributed by atoms with van der Waals surface area (Å²) in [5.74, 6) is 0. The molecule has 20 heavy (non-hydrogen) atoms. The van der Waals surface area contributed by atoms with Gasteiger partial charge in [-0.05, 0) is 12.8 Å². The summed E-state index contributed by atoms with van der Waals surface area (Å²) in [6.07, 6.45) is 0.628. The first kappa shape index (κ1) is 14.9. The molecule has 0 saturated carbocycles. The maximum absolute atomic E-state index is 10.7. The monoisotopic (exact) mass is 288 g/mol. The fourth-order valence-electron chi connectivity index (χ4n) is 1.89. The standard InChI is InChI=1S/C12H20N2O6/c15-11-13-5-9(19-11)7-17-3-1-2-4-18-8-10-6-14-12(16)20-10/h9-10H,1-8H2,(H,13,15)(H,14,16). The second-order valence-electron chi connectivity index (χ2n) is 4.67. The molecule has 0 aromatic carbocycles. The number of hydrogen-bond donors (Lipinski definition) is 2. The summed E-state index contributed by atoms with van der Waals surface area (Å²) >= 11 is 0. The molecule has 0 spiro atoms. The highest BCUT2D eigenvalue weighted by atomic mass is 16.6. The summed E-state index contributed by atoms with van der Waals surface area (Å²) in [7, 11) is 0. The Morgan fingerprint density at radius 3 is 1.70 bits per heavy atom. The minimum atomic E-state index is -0.380. The third kappa shape index (κ3) is 5.22. The first-order valence-electron chi connectivity index (χ1n) is 6.78. The van der Waals surface area contributed by atoms with E-state index in [4.69, 9.17) is 18.9 Å². The van der Waals surface area contributed by atoms with Crippen molar-refractivity contribution in [2.45, 2.75) is 25.0 Å². The Kier molecular flexibility index (Phi) is 5.87. The second kappa shape index (κ2) is 7.91. The fraction of sp³-hybridized carbons (Fsp3) is 0.833. The average Bonchev–Trinajstić information content (AvgIpc) is 3.02. The minimum Gasteiger partial charge on any atom is -0.442 e. The van der Waals surface area contributed by atoms with E-state index in [0.717, 1.165) is 12.8 Å². The number of unbranched alkanes of at least 4 members (excludes halogenated alkanes) is 1. The number of alkyl carbamates (subject to hydrolysis) is 2. The van der Waals surface area contributed by atoms with Gasteiger partial charge in [0.05, 0.1) is 26.3 Å². The van der Waals surface area contributed by atoms with Crippen LogP contribution in [0.5, 0.6) is 0 Å². The summed E-state index contributed by atoms with van der Waals surface area (Å²) in [4.78, 5) is 21.5. The molecule has 2 atom stereocenters. The number of ether oxygens (including phenoxy) is 4. The maximum atomic E-state index is 10.7. The molecule has 2 saturated heterocycles. The van der Waals surface area contributed by atoms with Gasteiger partial charge >= 0.3 is 12.2 Å². The second-order valence-corrected chi connectivity index (χ2v) is 4.67. The zero-order chi connectivity index (χ0) is 14.2. The van der Waals surface area contributed by atoms with Crippen LogP contribution in [0.4, 0.5) is 9.59 Å². The van der Waals surface area contributed by atoms with Gasteiger partial charge in [0.2, 0.25) is 0 Å². The molecule has 114 valence electrons. The van der Waals surface area contributed by atoms with Crippen LogP contribution in [0.1, 0.15) is 12.8 Å². The molecule has 8 nitrogen and oxygen atoms in total. The molecule has 0 aromatic rings. The molecule has 0 bridgehead atoms. The number of nitrogens with one attached hydrogen (secondary N) is 2. The molecule has 2 N–H and O–H groups in total. The highest BCUT2D eigenvalue weighted by Crippen LogP contribution is 2.03. The third-order valence-electron chi connectivity index (χ3n) is 2.93. The number of hydrogen-bond acceptors (Lipinski definition) is 6. The highest BCUT2D eigenvalue weighted by Gasteiger charge is 2.22. The maximum Gasteiger partial charge on any atom is 0.407 e. The fourth-order valence-corrected chi connectivity index (χ4v) is 1.89. The van der Waals surface area contributed by atoms with Crippen molar-refractivity contribution in [3.63, 3.8) is 0 Å². The molecule has 0 aromatic heterocycles. The van der Waals surface area contributed by atoms with Gasteiger partial charge in [0.25, 0.3) is 0 Å². The molecule has 2 amide bonds. The van der Waals surface area contributed by atoms with Crippen molar-refractivity contribution in [1.82, 2.24) is 10.6 Å². The van der Waals surface area contributed by atoms with Crippen molar-refractivity contribution in [2.75, 3.05) is 39.5 Å². The summed E-state index contributed by atoms with van der Waals surface area (Å²) in [5, 5.41) is 5.13. The lowest BCUT2D eigenvalue weighted by Gasteiger charge is -2.10. The van der Waals surface area contributed by atoms with Crippen LogP contribution in [0, 0.1) is 0 Å². The quantitative estimate of drug-likeness (QED) is 0.581. The zero-order valence-corrected chi connectivity index (χ0v) is 11.3. The van der Waals surface area contributed by atoms with E-state index in [1.54, 1.807) is 0 Å². The topological polar surface area (TPSA) is 95.1 Å². The number of carbonyl (C=O) groups excluding carboxylic acids is 2. The lowest BCUT2D eigenvalue weighted by molar-refractivity contribution is 0.0305. The Labute approximate surface area is 117 Å². The smallest absolute Gasteiger partial charge is 0.407 e. The van der Waals surface area contributed by atoms with E-state index < -0.39 is 0 Å². The Balaban J connectivity index is 1.35. The number of rotatable bonds is 9. The van der Waals surface area contributed by atoms with E-state index in [0.29, 0.717) is 39.5 Å². The van der Waals surface area contributed by atoms with Crippen LogP contribution in [-0.4, -0.2) is 63.9 Å². The lowest BCUT2D eigenvalue weighted by Crippen LogP contribution is -2.21. The largest absolute Gasteiger partial charge is 0.442 e. The minimum absolute atomic E-state index is 0.177. The molecule has 2 rings (SSSR count). The molecule has 0 aliphatic carbocycles. The lowest BCUT2D eigenvalue weighted by atomic mass is 10.3. The van der Waals surface area contributed by atoms with Crippen LogP contribution in [-0.2, 0) is 18.9 Å². The summed E-state index contributed by atoms with van der Waals surface area (Å²) < 4.78 is 20.7. The van der Waals surface area contributed by atoms with Crippen molar-refractivity contribution in [1.29, 1.82) is 0 Å². The van der Waals surface area contributed by atoms with E-state index in [1.165, 1.54) is 0 Å². The highest BCUT2D eigenvalue weighted by molar-refractivity contribution is 5.69. The first-order valence-corrected chi connectivity index (χ1v) is 6.78. The number of amides is 2.